The van der Waals surface area contributed by atoms with Crippen molar-refractivity contribution >= 4 is 22.4 Å². The van der Waals surface area contributed by atoms with Gasteiger partial charge in [-0.2, -0.15) is 5.26 Å². The van der Waals surface area contributed by atoms with Gasteiger partial charge >= 0.3 is 0 Å². The van der Waals surface area contributed by atoms with Crippen molar-refractivity contribution in [2.75, 3.05) is 5.32 Å². The van der Waals surface area contributed by atoms with E-state index in [1.165, 1.54) is 11.3 Å². The van der Waals surface area contributed by atoms with Gasteiger partial charge in [-0.15, -0.1) is 11.3 Å². The topological polar surface area (TPSA) is 65.8 Å². The standard InChI is InChI=1S/C8H9N3OS/c1-2-6(5-9)7(12)11-8-10-3-4-13-8/h3-4,6H,2H2,1H3,(H,10,11,12). The molecule has 0 saturated heterocycles. The Hall–Kier alpha value is -1.41. The molecule has 0 spiro atoms. The van der Waals surface area contributed by atoms with Crippen LogP contribution in [0.2, 0.25) is 0 Å². The predicted octanol–water partition coefficient (Wildman–Crippen LogP) is 1.63. The molecule has 13 heavy (non-hydrogen) atoms. The normalized spacial score (nSPS) is 11.7. The predicted molar refractivity (Wildman–Crippen MR) is 50.1 cm³/mol. The van der Waals surface area contributed by atoms with Crippen LogP contribution in [-0.2, 0) is 4.79 Å². The fraction of sp³-hybridized carbons (Fsp3) is 0.375. The SMILES string of the molecule is CCC(C#N)C(=O)Nc1nccs1. The Labute approximate surface area is 80.2 Å². The van der Waals surface area contributed by atoms with Gasteiger partial charge in [-0.1, -0.05) is 6.92 Å². The number of nitriles is 1. The Morgan fingerprint density at radius 2 is 2.69 bits per heavy atom. The van der Waals surface area contributed by atoms with E-state index in [2.05, 4.69) is 10.3 Å². The smallest absolute Gasteiger partial charge is 0.243 e. The van der Waals surface area contributed by atoms with E-state index in [-0.39, 0.29) is 5.91 Å². The summed E-state index contributed by atoms with van der Waals surface area (Å²) in [6.45, 7) is 1.80. The molecule has 0 fully saturated rings. The van der Waals surface area contributed by atoms with E-state index in [9.17, 15) is 4.79 Å². The first-order chi connectivity index (χ1) is 6.27. The third-order valence-corrected chi connectivity index (χ3v) is 2.23. The minimum absolute atomic E-state index is 0.278. The van der Waals surface area contributed by atoms with Crippen LogP contribution >= 0.6 is 11.3 Å². The van der Waals surface area contributed by atoms with Crippen molar-refractivity contribution in [1.29, 1.82) is 5.26 Å². The van der Waals surface area contributed by atoms with E-state index in [0.717, 1.165) is 0 Å². The Balaban J connectivity index is 2.56. The molecule has 1 unspecified atom stereocenters. The summed E-state index contributed by atoms with van der Waals surface area (Å²) in [5.41, 5.74) is 0. The molecule has 1 heterocycles. The first kappa shape index (κ1) is 9.68. The van der Waals surface area contributed by atoms with Crippen LogP contribution in [0, 0.1) is 17.2 Å². The molecule has 0 radical (unpaired) electrons. The number of carbonyl (C=O) groups is 1. The van der Waals surface area contributed by atoms with Crippen LogP contribution in [0.15, 0.2) is 11.6 Å². The Bertz CT molecular complexity index is 315. The van der Waals surface area contributed by atoms with E-state index in [4.69, 9.17) is 5.26 Å². The summed E-state index contributed by atoms with van der Waals surface area (Å²) in [6.07, 6.45) is 2.13. The zero-order valence-electron chi connectivity index (χ0n) is 7.15. The number of rotatable bonds is 3. The fourth-order valence-electron chi connectivity index (χ4n) is 0.813. The van der Waals surface area contributed by atoms with Crippen molar-refractivity contribution in [3.8, 4) is 6.07 Å². The van der Waals surface area contributed by atoms with Gasteiger partial charge in [0.2, 0.25) is 5.91 Å². The molecule has 0 bridgehead atoms. The first-order valence-corrected chi connectivity index (χ1v) is 4.76. The Morgan fingerprint density at radius 3 is 3.15 bits per heavy atom. The van der Waals surface area contributed by atoms with Crippen LogP contribution in [0.1, 0.15) is 13.3 Å². The lowest BCUT2D eigenvalue weighted by Crippen LogP contribution is -2.20. The summed E-state index contributed by atoms with van der Waals surface area (Å²) in [5.74, 6) is -0.858. The van der Waals surface area contributed by atoms with E-state index in [1.807, 2.05) is 6.07 Å². The van der Waals surface area contributed by atoms with Crippen molar-refractivity contribution in [3.63, 3.8) is 0 Å². The highest BCUT2D eigenvalue weighted by Gasteiger charge is 2.15. The minimum Gasteiger partial charge on any atom is -0.301 e. The van der Waals surface area contributed by atoms with E-state index in [1.54, 1.807) is 18.5 Å². The lowest BCUT2D eigenvalue weighted by molar-refractivity contribution is -0.118. The first-order valence-electron chi connectivity index (χ1n) is 3.88. The molecule has 1 rings (SSSR count). The molecule has 1 N–H and O–H groups in total. The van der Waals surface area contributed by atoms with Gasteiger partial charge in [-0.25, -0.2) is 4.98 Å². The van der Waals surface area contributed by atoms with Crippen LogP contribution in [0.25, 0.3) is 0 Å². The van der Waals surface area contributed by atoms with Crippen molar-refractivity contribution in [2.45, 2.75) is 13.3 Å². The van der Waals surface area contributed by atoms with Crippen molar-refractivity contribution in [3.05, 3.63) is 11.6 Å². The summed E-state index contributed by atoms with van der Waals surface area (Å²) >= 11 is 1.34. The van der Waals surface area contributed by atoms with Gasteiger partial charge in [0, 0.05) is 11.6 Å². The summed E-state index contributed by atoms with van der Waals surface area (Å²) in [7, 11) is 0. The van der Waals surface area contributed by atoms with Crippen molar-refractivity contribution in [1.82, 2.24) is 4.98 Å². The highest BCUT2D eigenvalue weighted by molar-refractivity contribution is 7.13. The number of hydrogen-bond acceptors (Lipinski definition) is 4. The van der Waals surface area contributed by atoms with Gasteiger partial charge in [0.05, 0.1) is 6.07 Å². The van der Waals surface area contributed by atoms with Gasteiger partial charge in [0.25, 0.3) is 0 Å². The highest BCUT2D eigenvalue weighted by atomic mass is 32.1. The number of nitrogens with one attached hydrogen (secondary N) is 1. The molecule has 5 heteroatoms. The zero-order valence-corrected chi connectivity index (χ0v) is 7.97. The molecule has 0 aliphatic carbocycles. The van der Waals surface area contributed by atoms with E-state index >= 15 is 0 Å². The zero-order chi connectivity index (χ0) is 9.68. The van der Waals surface area contributed by atoms with Crippen LogP contribution in [0.4, 0.5) is 5.13 Å². The number of amides is 1. The monoisotopic (exact) mass is 195 g/mol. The molecule has 1 aromatic heterocycles. The van der Waals surface area contributed by atoms with Crippen LogP contribution in [0.5, 0.6) is 0 Å². The molecule has 4 nitrogen and oxygen atoms in total. The Kier molecular flexibility index (Phi) is 3.41. The number of hydrogen-bond donors (Lipinski definition) is 1. The van der Waals surface area contributed by atoms with Gasteiger partial charge in [0.15, 0.2) is 5.13 Å². The fourth-order valence-corrected chi connectivity index (χ4v) is 1.34. The number of carbonyl (C=O) groups excluding carboxylic acids is 1. The maximum Gasteiger partial charge on any atom is 0.243 e. The quantitative estimate of drug-likeness (QED) is 0.797. The molecule has 1 amide bonds. The summed E-state index contributed by atoms with van der Waals surface area (Å²) in [5, 5.41) is 13.5. The molecule has 68 valence electrons. The summed E-state index contributed by atoms with van der Waals surface area (Å²) in [4.78, 5) is 15.2. The second-order valence-corrected chi connectivity index (χ2v) is 3.31. The number of thiazole rings is 1. The number of anilines is 1. The third-order valence-electron chi connectivity index (χ3n) is 1.54. The molecule has 1 atom stereocenters. The highest BCUT2D eigenvalue weighted by Crippen LogP contribution is 2.12. The number of nitrogens with zero attached hydrogens (tertiary/aromatic N) is 2. The van der Waals surface area contributed by atoms with E-state index in [0.29, 0.717) is 11.6 Å². The molecule has 1 aromatic rings. The molecule has 0 saturated carbocycles. The molecule has 0 aliphatic rings. The van der Waals surface area contributed by atoms with Crippen molar-refractivity contribution in [2.24, 2.45) is 5.92 Å². The molecular weight excluding hydrogens is 186 g/mol. The van der Waals surface area contributed by atoms with Gasteiger partial charge in [-0.05, 0) is 6.42 Å². The summed E-state index contributed by atoms with van der Waals surface area (Å²) < 4.78 is 0. The summed E-state index contributed by atoms with van der Waals surface area (Å²) in [6, 6.07) is 1.93. The average molecular weight is 195 g/mol. The van der Waals surface area contributed by atoms with Gasteiger partial charge < -0.3 is 5.32 Å². The minimum atomic E-state index is -0.580. The van der Waals surface area contributed by atoms with Gasteiger partial charge in [-0.3, -0.25) is 4.79 Å². The third kappa shape index (κ3) is 2.53. The van der Waals surface area contributed by atoms with Crippen LogP contribution in [-0.4, -0.2) is 10.9 Å². The number of aromatic nitrogens is 1. The van der Waals surface area contributed by atoms with Gasteiger partial charge in [0.1, 0.15) is 5.92 Å². The average Bonchev–Trinajstić information content (AvgIpc) is 2.59. The molecule has 0 aliphatic heterocycles. The van der Waals surface area contributed by atoms with Crippen molar-refractivity contribution < 1.29 is 4.79 Å². The van der Waals surface area contributed by atoms with E-state index < -0.39 is 5.92 Å². The largest absolute Gasteiger partial charge is 0.301 e. The molecule has 0 aromatic carbocycles. The maximum atomic E-state index is 11.3. The Morgan fingerprint density at radius 1 is 1.92 bits per heavy atom. The molecular formula is C8H9N3OS. The maximum absolute atomic E-state index is 11.3. The second kappa shape index (κ2) is 4.58. The lowest BCUT2D eigenvalue weighted by atomic mass is 10.1. The lowest BCUT2D eigenvalue weighted by Gasteiger charge is -2.04. The van der Waals surface area contributed by atoms with Crippen LogP contribution < -0.4 is 5.32 Å². The second-order valence-electron chi connectivity index (χ2n) is 2.42. The van der Waals surface area contributed by atoms with Crippen LogP contribution in [0.3, 0.4) is 0 Å².